The molecule has 6 heteroatoms. The quantitative estimate of drug-likeness (QED) is 0.562. The van der Waals surface area contributed by atoms with Crippen LogP contribution >= 0.6 is 11.6 Å². The number of benzene rings is 1. The van der Waals surface area contributed by atoms with Gasteiger partial charge in [0, 0.05) is 38.1 Å². The van der Waals surface area contributed by atoms with Gasteiger partial charge in [-0.15, -0.1) is 11.6 Å². The second kappa shape index (κ2) is 9.34. The Balaban J connectivity index is 2.30. The Labute approximate surface area is 123 Å². The number of halogens is 1. The van der Waals surface area contributed by atoms with Crippen LogP contribution in [-0.4, -0.2) is 38.6 Å². The molecular formula is C14H19ClN2O3. The third-order valence-corrected chi connectivity index (χ3v) is 2.92. The summed E-state index contributed by atoms with van der Waals surface area (Å²) in [5.74, 6) is 0.0433. The van der Waals surface area contributed by atoms with Gasteiger partial charge in [-0.2, -0.15) is 0 Å². The maximum Gasteiger partial charge on any atom is 0.251 e. The van der Waals surface area contributed by atoms with Crippen molar-refractivity contribution in [3.8, 4) is 0 Å². The van der Waals surface area contributed by atoms with Crippen molar-refractivity contribution in [1.82, 2.24) is 10.6 Å². The van der Waals surface area contributed by atoms with E-state index in [1.54, 1.807) is 25.3 Å². The first kappa shape index (κ1) is 16.5. The molecular weight excluding hydrogens is 280 g/mol. The van der Waals surface area contributed by atoms with Crippen molar-refractivity contribution in [2.75, 3.05) is 26.8 Å². The molecule has 0 radical (unpaired) electrons. The van der Waals surface area contributed by atoms with Crippen LogP contribution in [0, 0.1) is 0 Å². The molecule has 1 aromatic rings. The highest BCUT2D eigenvalue weighted by Gasteiger charge is 2.07. The second-order valence-corrected chi connectivity index (χ2v) is 4.45. The molecule has 0 unspecified atom stereocenters. The minimum absolute atomic E-state index is 0.114. The Hall–Kier alpha value is -1.59. The number of carbonyl (C=O) groups is 2. The van der Waals surface area contributed by atoms with Gasteiger partial charge in [-0.25, -0.2) is 0 Å². The molecule has 0 bridgehead atoms. The molecule has 1 aromatic carbocycles. The monoisotopic (exact) mass is 298 g/mol. The van der Waals surface area contributed by atoms with E-state index in [0.717, 1.165) is 5.56 Å². The number of amides is 2. The molecule has 1 rings (SSSR count). The number of hydrogen-bond acceptors (Lipinski definition) is 3. The van der Waals surface area contributed by atoms with Crippen LogP contribution in [0.5, 0.6) is 0 Å². The maximum atomic E-state index is 11.8. The molecule has 2 N–H and O–H groups in total. The third-order valence-electron chi connectivity index (χ3n) is 2.61. The van der Waals surface area contributed by atoms with E-state index >= 15 is 0 Å². The van der Waals surface area contributed by atoms with E-state index < -0.39 is 0 Å². The lowest BCUT2D eigenvalue weighted by Crippen LogP contribution is -2.32. The molecule has 0 saturated heterocycles. The van der Waals surface area contributed by atoms with Crippen molar-refractivity contribution < 1.29 is 14.3 Å². The fourth-order valence-electron chi connectivity index (χ4n) is 1.57. The van der Waals surface area contributed by atoms with Crippen LogP contribution in [0.4, 0.5) is 0 Å². The molecule has 0 aliphatic carbocycles. The molecule has 0 fully saturated rings. The van der Waals surface area contributed by atoms with Crippen molar-refractivity contribution in [2.24, 2.45) is 0 Å². The van der Waals surface area contributed by atoms with Gasteiger partial charge in [0.1, 0.15) is 0 Å². The number of methoxy groups -OCH3 is 1. The Morgan fingerprint density at radius 2 is 2.05 bits per heavy atom. The van der Waals surface area contributed by atoms with Gasteiger partial charge >= 0.3 is 0 Å². The van der Waals surface area contributed by atoms with Gasteiger partial charge in [-0.3, -0.25) is 9.59 Å². The topological polar surface area (TPSA) is 67.4 Å². The van der Waals surface area contributed by atoms with E-state index in [9.17, 15) is 9.59 Å². The van der Waals surface area contributed by atoms with Crippen molar-refractivity contribution in [2.45, 2.75) is 12.3 Å². The lowest BCUT2D eigenvalue weighted by Gasteiger charge is -2.07. The number of hydrogen-bond donors (Lipinski definition) is 2. The molecule has 0 aliphatic rings. The van der Waals surface area contributed by atoms with Crippen molar-refractivity contribution in [1.29, 1.82) is 0 Å². The zero-order valence-electron chi connectivity index (χ0n) is 11.4. The predicted molar refractivity (Wildman–Crippen MR) is 77.8 cm³/mol. The standard InChI is InChI=1S/C14H19ClN2O3/c1-20-8-7-16-13(18)5-6-17-14(19)12-4-2-3-11(9-12)10-15/h2-4,9H,5-8,10H2,1H3,(H,16,18)(H,17,19). The minimum atomic E-state index is -0.207. The van der Waals surface area contributed by atoms with Crippen LogP contribution in [0.1, 0.15) is 22.3 Å². The fourth-order valence-corrected chi connectivity index (χ4v) is 1.73. The SMILES string of the molecule is COCCNC(=O)CCNC(=O)c1cccc(CCl)c1. The highest BCUT2D eigenvalue weighted by Crippen LogP contribution is 2.07. The molecule has 0 heterocycles. The molecule has 0 aromatic heterocycles. The molecule has 0 atom stereocenters. The van der Waals surface area contributed by atoms with E-state index in [-0.39, 0.29) is 18.2 Å². The molecule has 2 amide bonds. The van der Waals surface area contributed by atoms with Crippen LogP contribution in [0.15, 0.2) is 24.3 Å². The third kappa shape index (κ3) is 6.04. The van der Waals surface area contributed by atoms with Gasteiger partial charge in [0.2, 0.25) is 5.91 Å². The molecule has 20 heavy (non-hydrogen) atoms. The lowest BCUT2D eigenvalue weighted by molar-refractivity contribution is -0.121. The van der Waals surface area contributed by atoms with Crippen LogP contribution in [0.2, 0.25) is 0 Å². The van der Waals surface area contributed by atoms with E-state index in [1.165, 1.54) is 0 Å². The largest absolute Gasteiger partial charge is 0.383 e. The maximum absolute atomic E-state index is 11.8. The second-order valence-electron chi connectivity index (χ2n) is 4.18. The van der Waals surface area contributed by atoms with Gasteiger partial charge in [0.25, 0.3) is 5.91 Å². The number of ether oxygens (including phenoxy) is 1. The number of nitrogens with one attached hydrogen (secondary N) is 2. The average Bonchev–Trinajstić information content (AvgIpc) is 2.47. The summed E-state index contributed by atoms with van der Waals surface area (Å²) >= 11 is 5.72. The summed E-state index contributed by atoms with van der Waals surface area (Å²) < 4.78 is 4.82. The van der Waals surface area contributed by atoms with E-state index in [4.69, 9.17) is 16.3 Å². The first-order valence-corrected chi connectivity index (χ1v) is 6.89. The van der Waals surface area contributed by atoms with Crippen LogP contribution in [0.3, 0.4) is 0 Å². The van der Waals surface area contributed by atoms with Crippen molar-refractivity contribution in [3.05, 3.63) is 35.4 Å². The smallest absolute Gasteiger partial charge is 0.251 e. The van der Waals surface area contributed by atoms with Crippen LogP contribution in [0.25, 0.3) is 0 Å². The molecule has 0 aliphatic heterocycles. The summed E-state index contributed by atoms with van der Waals surface area (Å²) in [4.78, 5) is 23.2. The summed E-state index contributed by atoms with van der Waals surface area (Å²) in [5.41, 5.74) is 1.43. The molecule has 5 nitrogen and oxygen atoms in total. The number of carbonyl (C=O) groups excluding carboxylic acids is 2. The summed E-state index contributed by atoms with van der Waals surface area (Å²) in [6.45, 7) is 1.24. The van der Waals surface area contributed by atoms with Crippen LogP contribution < -0.4 is 10.6 Å². The minimum Gasteiger partial charge on any atom is -0.383 e. The Bertz CT molecular complexity index is 452. The van der Waals surface area contributed by atoms with E-state index in [2.05, 4.69) is 10.6 Å². The Kier molecular flexibility index (Phi) is 7.69. The van der Waals surface area contributed by atoms with Gasteiger partial charge < -0.3 is 15.4 Å². The zero-order valence-corrected chi connectivity index (χ0v) is 12.2. The predicted octanol–water partition coefficient (Wildman–Crippen LogP) is 1.31. The lowest BCUT2D eigenvalue weighted by atomic mass is 10.1. The Morgan fingerprint density at radius 1 is 1.25 bits per heavy atom. The van der Waals surface area contributed by atoms with E-state index in [1.807, 2.05) is 6.07 Å². The van der Waals surface area contributed by atoms with Crippen molar-refractivity contribution >= 4 is 23.4 Å². The highest BCUT2D eigenvalue weighted by atomic mass is 35.5. The normalized spacial score (nSPS) is 10.1. The zero-order chi connectivity index (χ0) is 14.8. The molecule has 0 saturated carbocycles. The van der Waals surface area contributed by atoms with Gasteiger partial charge in [0.15, 0.2) is 0 Å². The first-order valence-electron chi connectivity index (χ1n) is 6.36. The molecule has 0 spiro atoms. The number of rotatable bonds is 8. The van der Waals surface area contributed by atoms with Gasteiger partial charge in [0.05, 0.1) is 6.61 Å². The fraction of sp³-hybridized carbons (Fsp3) is 0.429. The molecule has 110 valence electrons. The summed E-state index contributed by atoms with van der Waals surface area (Å²) in [7, 11) is 1.57. The summed E-state index contributed by atoms with van der Waals surface area (Å²) in [5, 5.41) is 5.38. The summed E-state index contributed by atoms with van der Waals surface area (Å²) in [6.07, 6.45) is 0.241. The first-order chi connectivity index (χ1) is 9.67. The van der Waals surface area contributed by atoms with Gasteiger partial charge in [-0.1, -0.05) is 12.1 Å². The van der Waals surface area contributed by atoms with E-state index in [0.29, 0.717) is 31.1 Å². The van der Waals surface area contributed by atoms with Gasteiger partial charge in [-0.05, 0) is 17.7 Å². The highest BCUT2D eigenvalue weighted by molar-refractivity contribution is 6.17. The van der Waals surface area contributed by atoms with Crippen LogP contribution in [-0.2, 0) is 15.4 Å². The summed E-state index contributed by atoms with van der Waals surface area (Å²) in [6, 6.07) is 7.09. The Morgan fingerprint density at radius 3 is 2.75 bits per heavy atom. The average molecular weight is 299 g/mol. The number of alkyl halides is 1. The van der Waals surface area contributed by atoms with Crippen molar-refractivity contribution in [3.63, 3.8) is 0 Å².